The van der Waals surface area contributed by atoms with Crippen LogP contribution in [0.25, 0.3) is 198 Å². The zero-order chi connectivity index (χ0) is 68.6. The maximum Gasteiger partial charge on any atom is 0.0541 e. The predicted octanol–water partition coefficient (Wildman–Crippen LogP) is 28.2. The Morgan fingerprint density at radius 2 is 0.346 bits per heavy atom. The highest BCUT2D eigenvalue weighted by atomic mass is 15.0. The van der Waals surface area contributed by atoms with Gasteiger partial charge in [-0.25, -0.2) is 0 Å². The highest BCUT2D eigenvalue weighted by molar-refractivity contribution is 6.28. The molecule has 0 saturated heterocycles. The van der Waals surface area contributed by atoms with Crippen LogP contribution >= 0.6 is 0 Å². The maximum atomic E-state index is 2.43. The van der Waals surface area contributed by atoms with Gasteiger partial charge in [0.05, 0.1) is 22.1 Å². The van der Waals surface area contributed by atoms with E-state index in [2.05, 4.69) is 410 Å². The van der Waals surface area contributed by atoms with Crippen molar-refractivity contribution < 1.29 is 0 Å². The third-order valence-corrected chi connectivity index (χ3v) is 21.5. The molecule has 2 heterocycles. The van der Waals surface area contributed by atoms with Gasteiger partial charge in [-0.3, -0.25) is 0 Å². The van der Waals surface area contributed by atoms with Gasteiger partial charge in [0.1, 0.15) is 0 Å². The Balaban J connectivity index is 0.000000139. The number of hydrogen-bond donors (Lipinski definition) is 0. The van der Waals surface area contributed by atoms with E-state index >= 15 is 0 Å². The first-order valence-corrected chi connectivity index (χ1v) is 35.9. The van der Waals surface area contributed by atoms with E-state index in [0.717, 1.165) is 11.4 Å². The van der Waals surface area contributed by atoms with Crippen molar-refractivity contribution >= 4 is 108 Å². The molecule has 104 heavy (non-hydrogen) atoms. The average molecular weight is 1320 g/mol. The minimum atomic E-state index is 1.16. The molecule has 0 fully saturated rings. The molecular weight excluding hydrogens is 1250 g/mol. The molecule has 484 valence electrons. The molecule has 2 heteroatoms. The first kappa shape index (κ1) is 60.3. The van der Waals surface area contributed by atoms with Gasteiger partial charge >= 0.3 is 0 Å². The van der Waals surface area contributed by atoms with Crippen molar-refractivity contribution in [2.75, 3.05) is 0 Å². The molecule has 0 unspecified atom stereocenters. The number of para-hydroxylation sites is 4. The molecule has 0 spiro atoms. The molecule has 19 aromatic carbocycles. The molecule has 0 amide bonds. The smallest absolute Gasteiger partial charge is 0.0541 e. The van der Waals surface area contributed by atoms with Crippen molar-refractivity contribution in [2.24, 2.45) is 0 Å². The quantitative estimate of drug-likeness (QED) is 0.128. The molecule has 2 aromatic heterocycles. The predicted molar refractivity (Wildman–Crippen MR) is 445 cm³/mol. The molecule has 0 aliphatic heterocycles. The zero-order valence-corrected chi connectivity index (χ0v) is 57.0. The molecule has 0 bridgehead atoms. The van der Waals surface area contributed by atoms with Gasteiger partial charge in [0.15, 0.2) is 0 Å². The van der Waals surface area contributed by atoms with Crippen molar-refractivity contribution in [3.63, 3.8) is 0 Å². The van der Waals surface area contributed by atoms with Crippen LogP contribution in [0.4, 0.5) is 0 Å². The molecule has 2 nitrogen and oxygen atoms in total. The summed E-state index contributed by atoms with van der Waals surface area (Å²) in [5, 5.41) is 20.4. The summed E-state index contributed by atoms with van der Waals surface area (Å²) in [6.07, 6.45) is 0. The first-order chi connectivity index (χ1) is 51.6. The molecule has 0 saturated carbocycles. The Kier molecular flexibility index (Phi) is 14.6. The third-order valence-electron chi connectivity index (χ3n) is 21.5. The van der Waals surface area contributed by atoms with E-state index in [-0.39, 0.29) is 0 Å². The minimum Gasteiger partial charge on any atom is -0.309 e. The van der Waals surface area contributed by atoms with Crippen LogP contribution in [0.3, 0.4) is 0 Å². The van der Waals surface area contributed by atoms with E-state index in [1.54, 1.807) is 0 Å². The largest absolute Gasteiger partial charge is 0.309 e. The Labute approximate surface area is 603 Å². The third kappa shape index (κ3) is 10.3. The van der Waals surface area contributed by atoms with Gasteiger partial charge in [-0.05, 0) is 234 Å². The van der Waals surface area contributed by atoms with Crippen molar-refractivity contribution in [1.82, 2.24) is 9.13 Å². The summed E-state index contributed by atoms with van der Waals surface area (Å²) in [6.45, 7) is 0. The highest BCUT2D eigenvalue weighted by Gasteiger charge is 2.20. The lowest BCUT2D eigenvalue weighted by atomic mass is 9.86. The molecule has 21 aromatic rings. The van der Waals surface area contributed by atoms with Crippen LogP contribution in [-0.2, 0) is 0 Å². The number of fused-ring (bicyclic) bond motifs is 18. The van der Waals surface area contributed by atoms with E-state index in [0.29, 0.717) is 0 Å². The number of aromatic nitrogens is 2. The molecule has 0 aliphatic carbocycles. The van der Waals surface area contributed by atoms with E-state index in [9.17, 15) is 0 Å². The Hall–Kier alpha value is -13.7. The van der Waals surface area contributed by atoms with Crippen LogP contribution in [-0.4, -0.2) is 9.13 Å². The van der Waals surface area contributed by atoms with Crippen LogP contribution in [0.5, 0.6) is 0 Å². The lowest BCUT2D eigenvalue weighted by Gasteiger charge is -2.17. The fourth-order valence-corrected chi connectivity index (χ4v) is 16.6. The molecule has 0 N–H and O–H groups in total. The van der Waals surface area contributed by atoms with Crippen LogP contribution in [0, 0.1) is 0 Å². The van der Waals surface area contributed by atoms with Crippen LogP contribution < -0.4 is 0 Å². The molecule has 0 radical (unpaired) electrons. The Morgan fingerprint density at radius 1 is 0.115 bits per heavy atom. The van der Waals surface area contributed by atoms with Gasteiger partial charge in [-0.1, -0.05) is 309 Å². The fraction of sp³-hybridized carbons (Fsp3) is 0. The van der Waals surface area contributed by atoms with Gasteiger partial charge in [-0.15, -0.1) is 0 Å². The topological polar surface area (TPSA) is 9.86 Å². The van der Waals surface area contributed by atoms with E-state index in [4.69, 9.17) is 0 Å². The minimum absolute atomic E-state index is 1.16. The maximum absolute atomic E-state index is 2.43. The number of nitrogens with zero attached hydrogens (tertiary/aromatic N) is 2. The normalized spacial score (nSPS) is 11.7. The van der Waals surface area contributed by atoms with Crippen LogP contribution in [0.1, 0.15) is 0 Å². The van der Waals surface area contributed by atoms with E-state index in [1.165, 1.54) is 186 Å². The lowest BCUT2D eigenvalue weighted by molar-refractivity contribution is 1.18. The Bertz CT molecular complexity index is 6850. The second kappa shape index (κ2) is 25.2. The second-order valence-electron chi connectivity index (χ2n) is 27.4. The van der Waals surface area contributed by atoms with E-state index in [1.807, 2.05) is 0 Å². The molecule has 21 rings (SSSR count). The summed E-state index contributed by atoms with van der Waals surface area (Å²) in [6, 6.07) is 147. The summed E-state index contributed by atoms with van der Waals surface area (Å²) in [4.78, 5) is 0. The summed E-state index contributed by atoms with van der Waals surface area (Å²) in [7, 11) is 0. The molecular formula is C102H66N2. The second-order valence-corrected chi connectivity index (χ2v) is 27.4. The van der Waals surface area contributed by atoms with Crippen molar-refractivity contribution in [3.05, 3.63) is 400 Å². The van der Waals surface area contributed by atoms with Crippen molar-refractivity contribution in [3.8, 4) is 89.3 Å². The van der Waals surface area contributed by atoms with E-state index < -0.39 is 0 Å². The highest BCUT2D eigenvalue weighted by Crippen LogP contribution is 2.46. The standard InChI is InChI=1S/C54H35N.C48H31N/c1-3-13-36(14-4-1)41-25-28-46-45-29-27-43(35-50(45)47-30-26-42(34-52(47)51(46)33-41)37-15-5-2-6-16-37)39-18-11-17-38(31-39)40-19-12-20-44(32-40)55-53-23-9-7-21-48(53)49-22-8-10-24-54(49)55;1-2-14-32(15-3-1)43-30-45-39-22-6-4-20-37(39)38-21-5-7-23-40(38)46(45)31-44(43)35-18-12-16-33(28-35)34-17-13-19-36(29-34)49-47-26-10-8-24-41(47)42-25-9-11-27-48(42)49/h1-35H;1-31H. The summed E-state index contributed by atoms with van der Waals surface area (Å²) >= 11 is 0. The summed E-state index contributed by atoms with van der Waals surface area (Å²) in [5.74, 6) is 0. The van der Waals surface area contributed by atoms with Gasteiger partial charge in [0.25, 0.3) is 0 Å². The van der Waals surface area contributed by atoms with Gasteiger partial charge in [0, 0.05) is 32.9 Å². The van der Waals surface area contributed by atoms with Gasteiger partial charge in [-0.2, -0.15) is 0 Å². The number of benzene rings is 19. The number of rotatable bonds is 9. The molecule has 0 atom stereocenters. The lowest BCUT2D eigenvalue weighted by Crippen LogP contribution is -1.94. The summed E-state index contributed by atoms with van der Waals surface area (Å²) < 4.78 is 4.78. The van der Waals surface area contributed by atoms with Crippen LogP contribution in [0.15, 0.2) is 400 Å². The van der Waals surface area contributed by atoms with Crippen LogP contribution in [0.2, 0.25) is 0 Å². The average Bonchev–Trinajstić information content (AvgIpc) is 0.930. The SMILES string of the molecule is c1ccc(-c2cc3c4ccccc4c4ccccc4c3cc2-c2cccc(-c3cccc(-n4c5ccccc5c5ccccc54)c3)c2)cc1.c1ccc(-c2ccc3c4ccc(-c5cccc(-c6cccc(-n7c8ccccc8c8ccccc87)c6)c5)cc4c4ccc(-c5ccccc5)cc4c3c2)cc1. The van der Waals surface area contributed by atoms with Gasteiger partial charge < -0.3 is 9.13 Å². The fourth-order valence-electron chi connectivity index (χ4n) is 16.6. The van der Waals surface area contributed by atoms with Gasteiger partial charge in [0.2, 0.25) is 0 Å². The monoisotopic (exact) mass is 1320 g/mol. The molecule has 0 aliphatic rings. The first-order valence-electron chi connectivity index (χ1n) is 35.9. The number of hydrogen-bond acceptors (Lipinski definition) is 0. The zero-order valence-electron chi connectivity index (χ0n) is 57.0. The Morgan fingerprint density at radius 3 is 0.740 bits per heavy atom. The van der Waals surface area contributed by atoms with Crippen molar-refractivity contribution in [2.45, 2.75) is 0 Å². The summed E-state index contributed by atoms with van der Waals surface area (Å²) in [5.41, 5.74) is 24.2. The van der Waals surface area contributed by atoms with Crippen molar-refractivity contribution in [1.29, 1.82) is 0 Å².